The van der Waals surface area contributed by atoms with Crippen LogP contribution < -0.4 is 20.2 Å². The van der Waals surface area contributed by atoms with Crippen molar-refractivity contribution >= 4 is 34.0 Å². The molecule has 0 spiro atoms. The second-order valence-corrected chi connectivity index (χ2v) is 8.20. The molecule has 0 aliphatic heterocycles. The summed E-state index contributed by atoms with van der Waals surface area (Å²) in [5, 5.41) is 15.7. The van der Waals surface area contributed by atoms with Crippen LogP contribution in [0.15, 0.2) is 76.3 Å². The van der Waals surface area contributed by atoms with Crippen LogP contribution in [0.4, 0.5) is 0 Å². The molecule has 0 aliphatic rings. The minimum atomic E-state index is -0.445. The fourth-order valence-electron chi connectivity index (χ4n) is 3.01. The molecule has 0 saturated carbocycles. The van der Waals surface area contributed by atoms with E-state index in [-0.39, 0.29) is 25.5 Å². The van der Waals surface area contributed by atoms with Crippen molar-refractivity contribution in [2.45, 2.75) is 13.0 Å². The Kier molecular flexibility index (Phi) is 9.39. The quantitative estimate of drug-likeness (QED) is 0.304. The van der Waals surface area contributed by atoms with Gasteiger partial charge in [-0.05, 0) is 63.5 Å². The third kappa shape index (κ3) is 7.98. The molecular weight excluding hydrogens is 512 g/mol. The monoisotopic (exact) mass is 534 g/mol. The summed E-state index contributed by atoms with van der Waals surface area (Å²) < 4.78 is 11.6. The van der Waals surface area contributed by atoms with Crippen molar-refractivity contribution in [3.8, 4) is 17.6 Å². The molecule has 0 heterocycles. The topological polar surface area (TPSA) is 113 Å². The highest BCUT2D eigenvalue weighted by atomic mass is 79.9. The summed E-state index contributed by atoms with van der Waals surface area (Å²) in [5.41, 5.74) is 5.29. The lowest BCUT2D eigenvalue weighted by molar-refractivity contribution is -0.125. The Hall–Kier alpha value is -4.16. The number of hydrogen-bond acceptors (Lipinski definition) is 6. The van der Waals surface area contributed by atoms with Gasteiger partial charge in [0.1, 0.15) is 18.1 Å². The van der Waals surface area contributed by atoms with Gasteiger partial charge in [0, 0.05) is 5.56 Å². The van der Waals surface area contributed by atoms with E-state index in [4.69, 9.17) is 9.47 Å². The van der Waals surface area contributed by atoms with E-state index in [1.807, 2.05) is 12.1 Å². The molecule has 0 atom stereocenters. The van der Waals surface area contributed by atoms with Crippen molar-refractivity contribution in [1.29, 1.82) is 5.26 Å². The molecule has 0 fully saturated rings. The van der Waals surface area contributed by atoms with Crippen LogP contribution in [0.2, 0.25) is 0 Å². The Balaban J connectivity index is 1.43. The van der Waals surface area contributed by atoms with Crippen LogP contribution >= 0.6 is 15.9 Å². The first-order valence-corrected chi connectivity index (χ1v) is 11.4. The van der Waals surface area contributed by atoms with Crippen molar-refractivity contribution in [3.05, 3.63) is 93.5 Å². The van der Waals surface area contributed by atoms with Crippen molar-refractivity contribution in [2.24, 2.45) is 5.10 Å². The Bertz CT molecular complexity index is 1250. The van der Waals surface area contributed by atoms with E-state index in [9.17, 15) is 14.9 Å². The normalized spacial score (nSPS) is 10.4. The van der Waals surface area contributed by atoms with Crippen LogP contribution in [0.25, 0.3) is 0 Å². The highest BCUT2D eigenvalue weighted by Gasteiger charge is 2.07. The molecule has 3 aromatic carbocycles. The number of carbonyl (C=O) groups excluding carboxylic acids is 2. The zero-order chi connectivity index (χ0) is 25.0. The number of ether oxygens (including phenoxy) is 2. The number of halogens is 1. The number of nitrogens with one attached hydrogen (secondary N) is 2. The molecule has 178 valence electrons. The highest BCUT2D eigenvalue weighted by Crippen LogP contribution is 2.26. The number of rotatable bonds is 10. The standard InChI is InChI=1S/C26H23BrN4O4/c1-34-22-9-6-18(7-10-22)13-25(32)29-16-26(33)31-30-15-19-8-11-24(23(27)12-19)35-17-21-5-3-2-4-20(21)14-28/h2-12,15H,13,16-17H2,1H3,(H,29,32)(H,31,33)/b30-15+. The van der Waals surface area contributed by atoms with E-state index in [0.717, 1.165) is 16.7 Å². The largest absolute Gasteiger partial charge is 0.497 e. The lowest BCUT2D eigenvalue weighted by Gasteiger charge is -2.10. The maximum atomic E-state index is 12.0. The number of benzene rings is 3. The van der Waals surface area contributed by atoms with Crippen LogP contribution in [0.3, 0.4) is 0 Å². The summed E-state index contributed by atoms with van der Waals surface area (Å²) in [4.78, 5) is 24.0. The number of methoxy groups -OCH3 is 1. The predicted octanol–water partition coefficient (Wildman–Crippen LogP) is 3.72. The SMILES string of the molecule is COc1ccc(CC(=O)NCC(=O)N/N=C/c2ccc(OCc3ccccc3C#N)c(Br)c2)cc1. The lowest BCUT2D eigenvalue weighted by Crippen LogP contribution is -2.35. The third-order valence-electron chi connectivity index (χ3n) is 4.85. The summed E-state index contributed by atoms with van der Waals surface area (Å²) in [5.74, 6) is 0.603. The first-order chi connectivity index (χ1) is 17.0. The molecule has 9 heteroatoms. The van der Waals surface area contributed by atoms with E-state index in [2.05, 4.69) is 37.8 Å². The number of hydrogen-bond donors (Lipinski definition) is 2. The van der Waals surface area contributed by atoms with Crippen LogP contribution in [-0.4, -0.2) is 31.7 Å². The Morgan fingerprint density at radius 2 is 1.86 bits per heavy atom. The summed E-state index contributed by atoms with van der Waals surface area (Å²) in [7, 11) is 1.57. The van der Waals surface area contributed by atoms with Crippen molar-refractivity contribution < 1.29 is 19.1 Å². The van der Waals surface area contributed by atoms with Gasteiger partial charge in [0.05, 0.1) is 42.4 Å². The van der Waals surface area contributed by atoms with Crippen molar-refractivity contribution in [1.82, 2.24) is 10.7 Å². The molecule has 0 radical (unpaired) electrons. The van der Waals surface area contributed by atoms with Crippen molar-refractivity contribution in [2.75, 3.05) is 13.7 Å². The van der Waals surface area contributed by atoms with Crippen LogP contribution in [0.5, 0.6) is 11.5 Å². The van der Waals surface area contributed by atoms with Crippen LogP contribution in [0.1, 0.15) is 22.3 Å². The number of amides is 2. The van der Waals surface area contributed by atoms with Gasteiger partial charge in [-0.25, -0.2) is 5.43 Å². The van der Waals surface area contributed by atoms with Gasteiger partial charge in [-0.1, -0.05) is 30.3 Å². The van der Waals surface area contributed by atoms with Crippen molar-refractivity contribution in [3.63, 3.8) is 0 Å². The Morgan fingerprint density at radius 3 is 2.57 bits per heavy atom. The van der Waals surface area contributed by atoms with Crippen LogP contribution in [-0.2, 0) is 22.6 Å². The third-order valence-corrected chi connectivity index (χ3v) is 5.47. The fraction of sp³-hybridized carbons (Fsp3) is 0.154. The highest BCUT2D eigenvalue weighted by molar-refractivity contribution is 9.10. The maximum absolute atomic E-state index is 12.0. The van der Waals surface area contributed by atoms with E-state index in [1.54, 1.807) is 61.7 Å². The zero-order valence-corrected chi connectivity index (χ0v) is 20.5. The van der Waals surface area contributed by atoms with E-state index < -0.39 is 5.91 Å². The first kappa shape index (κ1) is 25.5. The van der Waals surface area contributed by atoms with Gasteiger partial charge < -0.3 is 14.8 Å². The van der Waals surface area contributed by atoms with E-state index in [0.29, 0.717) is 21.5 Å². The van der Waals surface area contributed by atoms with Gasteiger partial charge in [0.2, 0.25) is 5.91 Å². The fourth-order valence-corrected chi connectivity index (χ4v) is 3.52. The molecule has 0 aromatic heterocycles. The molecule has 2 amide bonds. The first-order valence-electron chi connectivity index (χ1n) is 10.6. The van der Waals surface area contributed by atoms with Crippen LogP contribution in [0, 0.1) is 11.3 Å². The summed E-state index contributed by atoms with van der Waals surface area (Å²) in [6, 6.07) is 21.9. The van der Waals surface area contributed by atoms with Gasteiger partial charge >= 0.3 is 0 Å². The zero-order valence-electron chi connectivity index (χ0n) is 19.0. The molecule has 8 nitrogen and oxygen atoms in total. The second-order valence-electron chi connectivity index (χ2n) is 7.34. The molecular formula is C26H23BrN4O4. The van der Waals surface area contributed by atoms with Gasteiger partial charge in [-0.2, -0.15) is 10.4 Å². The molecule has 3 rings (SSSR count). The summed E-state index contributed by atoms with van der Waals surface area (Å²) in [6.45, 7) is 0.0724. The number of hydrazone groups is 1. The molecule has 0 unspecified atom stereocenters. The van der Waals surface area contributed by atoms with E-state index in [1.165, 1.54) is 6.21 Å². The molecule has 0 bridgehead atoms. The lowest BCUT2D eigenvalue weighted by atomic mass is 10.1. The smallest absolute Gasteiger partial charge is 0.259 e. The molecule has 35 heavy (non-hydrogen) atoms. The Morgan fingerprint density at radius 1 is 1.09 bits per heavy atom. The minimum absolute atomic E-state index is 0.158. The predicted molar refractivity (Wildman–Crippen MR) is 135 cm³/mol. The molecule has 0 saturated heterocycles. The van der Waals surface area contributed by atoms with Gasteiger partial charge in [0.15, 0.2) is 0 Å². The van der Waals surface area contributed by atoms with Gasteiger partial charge in [-0.3, -0.25) is 9.59 Å². The summed E-state index contributed by atoms with van der Waals surface area (Å²) in [6.07, 6.45) is 1.64. The average molecular weight is 535 g/mol. The molecule has 2 N–H and O–H groups in total. The molecule has 3 aromatic rings. The number of carbonyl (C=O) groups is 2. The Labute approximate surface area is 211 Å². The average Bonchev–Trinajstić information content (AvgIpc) is 2.87. The maximum Gasteiger partial charge on any atom is 0.259 e. The number of nitrogens with zero attached hydrogens (tertiary/aromatic N) is 2. The summed E-state index contributed by atoms with van der Waals surface area (Å²) >= 11 is 3.46. The number of nitriles is 1. The molecule has 0 aliphatic carbocycles. The minimum Gasteiger partial charge on any atom is -0.497 e. The van der Waals surface area contributed by atoms with Gasteiger partial charge in [0.25, 0.3) is 5.91 Å². The van der Waals surface area contributed by atoms with Gasteiger partial charge in [-0.15, -0.1) is 0 Å². The van der Waals surface area contributed by atoms with E-state index >= 15 is 0 Å². The second kappa shape index (κ2) is 12.9.